The molecule has 0 amide bonds. The van der Waals surface area contributed by atoms with E-state index in [1.807, 2.05) is 12.3 Å². The Morgan fingerprint density at radius 2 is 2.16 bits per heavy atom. The molecule has 1 aromatic carbocycles. The van der Waals surface area contributed by atoms with Crippen molar-refractivity contribution in [3.8, 4) is 5.75 Å². The second-order valence-corrected chi connectivity index (χ2v) is 4.97. The van der Waals surface area contributed by atoms with Crippen LogP contribution >= 0.6 is 0 Å². The minimum atomic E-state index is 0.824. The SMILES string of the molecule is Nc1ccncc1CCCc1ccc2c(c1)CCO2. The summed E-state index contributed by atoms with van der Waals surface area (Å²) >= 11 is 0. The van der Waals surface area contributed by atoms with E-state index in [9.17, 15) is 0 Å². The van der Waals surface area contributed by atoms with Gasteiger partial charge in [0.25, 0.3) is 0 Å². The molecule has 0 unspecified atom stereocenters. The second kappa shape index (κ2) is 5.31. The van der Waals surface area contributed by atoms with Crippen molar-refractivity contribution in [2.24, 2.45) is 0 Å². The van der Waals surface area contributed by atoms with Gasteiger partial charge in [-0.05, 0) is 48.1 Å². The summed E-state index contributed by atoms with van der Waals surface area (Å²) in [6.07, 6.45) is 7.79. The number of nitrogen functional groups attached to an aromatic ring is 1. The summed E-state index contributed by atoms with van der Waals surface area (Å²) in [6, 6.07) is 8.39. The van der Waals surface area contributed by atoms with Crippen molar-refractivity contribution < 1.29 is 4.74 Å². The number of rotatable bonds is 4. The lowest BCUT2D eigenvalue weighted by Gasteiger charge is -2.06. The number of benzene rings is 1. The lowest BCUT2D eigenvalue weighted by atomic mass is 10.0. The maximum atomic E-state index is 5.92. The van der Waals surface area contributed by atoms with Crippen LogP contribution in [-0.2, 0) is 19.3 Å². The van der Waals surface area contributed by atoms with Crippen LogP contribution < -0.4 is 10.5 Å². The monoisotopic (exact) mass is 254 g/mol. The standard InChI is InChI=1S/C16H18N2O/c17-15-6-8-18-11-14(15)3-1-2-12-4-5-16-13(10-12)7-9-19-16/h4-6,8,10-11H,1-3,7,9H2,(H2,17,18). The van der Waals surface area contributed by atoms with Crippen LogP contribution in [0.15, 0.2) is 36.7 Å². The molecule has 3 heteroatoms. The zero-order valence-electron chi connectivity index (χ0n) is 10.9. The number of aryl methyl sites for hydroxylation is 2. The van der Waals surface area contributed by atoms with Gasteiger partial charge in [-0.25, -0.2) is 0 Å². The Balaban J connectivity index is 1.59. The summed E-state index contributed by atoms with van der Waals surface area (Å²) in [5.74, 6) is 1.06. The number of aromatic nitrogens is 1. The molecule has 0 spiro atoms. The minimum Gasteiger partial charge on any atom is -0.493 e. The van der Waals surface area contributed by atoms with Crippen molar-refractivity contribution in [2.45, 2.75) is 25.7 Å². The maximum Gasteiger partial charge on any atom is 0.122 e. The number of anilines is 1. The van der Waals surface area contributed by atoms with Crippen molar-refractivity contribution >= 4 is 5.69 Å². The zero-order chi connectivity index (χ0) is 13.1. The van der Waals surface area contributed by atoms with Crippen LogP contribution in [0.1, 0.15) is 23.1 Å². The minimum absolute atomic E-state index is 0.824. The van der Waals surface area contributed by atoms with Gasteiger partial charge in [-0.2, -0.15) is 0 Å². The summed E-state index contributed by atoms with van der Waals surface area (Å²) in [5.41, 5.74) is 10.6. The first-order valence-corrected chi connectivity index (χ1v) is 6.76. The average Bonchev–Trinajstić information content (AvgIpc) is 2.88. The molecule has 3 rings (SSSR count). The number of nitrogens with zero attached hydrogens (tertiary/aromatic N) is 1. The Labute approximate surface area is 113 Å². The van der Waals surface area contributed by atoms with Crippen molar-refractivity contribution in [1.82, 2.24) is 4.98 Å². The van der Waals surface area contributed by atoms with E-state index in [1.54, 1.807) is 6.20 Å². The van der Waals surface area contributed by atoms with Crippen molar-refractivity contribution in [1.29, 1.82) is 0 Å². The fraction of sp³-hybridized carbons (Fsp3) is 0.312. The highest BCUT2D eigenvalue weighted by atomic mass is 16.5. The molecule has 98 valence electrons. The van der Waals surface area contributed by atoms with Gasteiger partial charge in [-0.15, -0.1) is 0 Å². The second-order valence-electron chi connectivity index (χ2n) is 4.97. The van der Waals surface area contributed by atoms with Gasteiger partial charge in [-0.1, -0.05) is 12.1 Å². The summed E-state index contributed by atoms with van der Waals surface area (Å²) in [5, 5.41) is 0. The van der Waals surface area contributed by atoms with E-state index in [-0.39, 0.29) is 0 Å². The van der Waals surface area contributed by atoms with Crippen LogP contribution in [0.25, 0.3) is 0 Å². The first-order valence-electron chi connectivity index (χ1n) is 6.76. The molecule has 0 radical (unpaired) electrons. The molecule has 0 saturated carbocycles. The Morgan fingerprint density at radius 1 is 1.21 bits per heavy atom. The summed E-state index contributed by atoms with van der Waals surface area (Å²) in [4.78, 5) is 4.12. The summed E-state index contributed by atoms with van der Waals surface area (Å²) in [7, 11) is 0. The van der Waals surface area contributed by atoms with Crippen LogP contribution in [0, 0.1) is 0 Å². The maximum absolute atomic E-state index is 5.92. The molecule has 19 heavy (non-hydrogen) atoms. The molecule has 3 nitrogen and oxygen atoms in total. The van der Waals surface area contributed by atoms with E-state index in [2.05, 4.69) is 23.2 Å². The molecule has 0 atom stereocenters. The molecular formula is C16H18N2O. The number of nitrogens with two attached hydrogens (primary N) is 1. The molecule has 0 fully saturated rings. The van der Waals surface area contributed by atoms with Crippen LogP contribution in [0.2, 0.25) is 0 Å². The topological polar surface area (TPSA) is 48.1 Å². The molecule has 1 aliphatic rings. The third-order valence-corrected chi connectivity index (χ3v) is 3.61. The van der Waals surface area contributed by atoms with Crippen molar-refractivity contribution in [2.75, 3.05) is 12.3 Å². The first kappa shape index (κ1) is 12.0. The van der Waals surface area contributed by atoms with E-state index in [1.165, 1.54) is 11.1 Å². The number of fused-ring (bicyclic) bond motifs is 1. The molecule has 0 saturated heterocycles. The van der Waals surface area contributed by atoms with E-state index >= 15 is 0 Å². The summed E-state index contributed by atoms with van der Waals surface area (Å²) in [6.45, 7) is 0.824. The fourth-order valence-electron chi connectivity index (χ4n) is 2.53. The molecule has 1 aliphatic heterocycles. The highest BCUT2D eigenvalue weighted by molar-refractivity contribution is 5.44. The molecule has 2 N–H and O–H groups in total. The summed E-state index contributed by atoms with van der Waals surface area (Å²) < 4.78 is 5.52. The number of hydrogen-bond acceptors (Lipinski definition) is 3. The zero-order valence-corrected chi connectivity index (χ0v) is 10.9. The molecular weight excluding hydrogens is 236 g/mol. The molecule has 0 aliphatic carbocycles. The van der Waals surface area contributed by atoms with Gasteiger partial charge in [0.2, 0.25) is 0 Å². The fourth-order valence-corrected chi connectivity index (χ4v) is 2.53. The van der Waals surface area contributed by atoms with Crippen LogP contribution in [0.5, 0.6) is 5.75 Å². The van der Waals surface area contributed by atoms with E-state index < -0.39 is 0 Å². The quantitative estimate of drug-likeness (QED) is 0.912. The van der Waals surface area contributed by atoms with E-state index in [0.29, 0.717) is 0 Å². The average molecular weight is 254 g/mol. The van der Waals surface area contributed by atoms with Crippen LogP contribution in [0.4, 0.5) is 5.69 Å². The highest BCUT2D eigenvalue weighted by Gasteiger charge is 2.11. The van der Waals surface area contributed by atoms with Crippen molar-refractivity contribution in [3.05, 3.63) is 53.3 Å². The lowest BCUT2D eigenvalue weighted by Crippen LogP contribution is -1.97. The Bertz CT molecular complexity index is 581. The van der Waals surface area contributed by atoms with Gasteiger partial charge < -0.3 is 10.5 Å². The first-order chi connectivity index (χ1) is 9.33. The molecule has 0 bridgehead atoms. The third kappa shape index (κ3) is 2.70. The van der Waals surface area contributed by atoms with E-state index in [4.69, 9.17) is 10.5 Å². The number of pyridine rings is 1. The Hall–Kier alpha value is -2.03. The van der Waals surface area contributed by atoms with Gasteiger partial charge in [0.1, 0.15) is 5.75 Å². The van der Waals surface area contributed by atoms with Crippen LogP contribution in [0.3, 0.4) is 0 Å². The predicted molar refractivity (Wildman–Crippen MR) is 76.3 cm³/mol. The number of ether oxygens (including phenoxy) is 1. The van der Waals surface area contributed by atoms with Gasteiger partial charge in [0.05, 0.1) is 6.61 Å². The Morgan fingerprint density at radius 3 is 3.05 bits per heavy atom. The lowest BCUT2D eigenvalue weighted by molar-refractivity contribution is 0.357. The van der Waals surface area contributed by atoms with Crippen molar-refractivity contribution in [3.63, 3.8) is 0 Å². The van der Waals surface area contributed by atoms with Crippen LogP contribution in [-0.4, -0.2) is 11.6 Å². The highest BCUT2D eigenvalue weighted by Crippen LogP contribution is 2.26. The van der Waals surface area contributed by atoms with Gasteiger partial charge >= 0.3 is 0 Å². The molecule has 2 heterocycles. The largest absolute Gasteiger partial charge is 0.493 e. The normalized spacial score (nSPS) is 13.1. The van der Waals surface area contributed by atoms with Gasteiger partial charge in [0.15, 0.2) is 0 Å². The molecule has 1 aromatic heterocycles. The predicted octanol–water partition coefficient (Wildman–Crippen LogP) is 2.77. The Kier molecular flexibility index (Phi) is 3.36. The van der Waals surface area contributed by atoms with Gasteiger partial charge in [0, 0.05) is 24.5 Å². The molecule has 2 aromatic rings. The third-order valence-electron chi connectivity index (χ3n) is 3.61. The van der Waals surface area contributed by atoms with E-state index in [0.717, 1.165) is 49.3 Å². The van der Waals surface area contributed by atoms with Gasteiger partial charge in [-0.3, -0.25) is 4.98 Å². The smallest absolute Gasteiger partial charge is 0.122 e. The number of hydrogen-bond donors (Lipinski definition) is 1.